The van der Waals surface area contributed by atoms with Crippen molar-refractivity contribution in [3.05, 3.63) is 56.3 Å². The van der Waals surface area contributed by atoms with Gasteiger partial charge < -0.3 is 0 Å². The van der Waals surface area contributed by atoms with Crippen molar-refractivity contribution in [1.82, 2.24) is 24.7 Å². The number of H-pyrrole nitrogens is 1. The summed E-state index contributed by atoms with van der Waals surface area (Å²) >= 11 is 11.9. The van der Waals surface area contributed by atoms with Gasteiger partial charge in [0.05, 0.1) is 23.2 Å². The summed E-state index contributed by atoms with van der Waals surface area (Å²) in [6.07, 6.45) is 3.96. The maximum atomic E-state index is 6.63. The van der Waals surface area contributed by atoms with Crippen molar-refractivity contribution in [3.63, 3.8) is 0 Å². The third-order valence-corrected chi connectivity index (χ3v) is 5.19. The average Bonchev–Trinajstić information content (AvgIpc) is 3.33. The fourth-order valence-electron chi connectivity index (χ4n) is 2.90. The molecule has 1 saturated carbocycles. The van der Waals surface area contributed by atoms with Gasteiger partial charge in [0, 0.05) is 5.92 Å². The van der Waals surface area contributed by atoms with Gasteiger partial charge in [-0.25, -0.2) is 4.68 Å². The summed E-state index contributed by atoms with van der Waals surface area (Å²) in [5.41, 5.74) is 4.82. The normalized spacial score (nSPS) is 14.5. The predicted octanol–water partition coefficient (Wildman–Crippen LogP) is 4.46. The Labute approximate surface area is 161 Å². The van der Waals surface area contributed by atoms with Crippen LogP contribution in [0.4, 0.5) is 0 Å². The van der Waals surface area contributed by atoms with Crippen molar-refractivity contribution < 1.29 is 0 Å². The van der Waals surface area contributed by atoms with Crippen LogP contribution < -0.4 is 0 Å². The second-order valence-corrected chi connectivity index (χ2v) is 7.45. The summed E-state index contributed by atoms with van der Waals surface area (Å²) in [6, 6.07) is 6.22. The van der Waals surface area contributed by atoms with Gasteiger partial charge in [0.1, 0.15) is 5.15 Å². The van der Waals surface area contributed by atoms with Gasteiger partial charge >= 0.3 is 0 Å². The molecule has 134 valence electrons. The Kier molecular flexibility index (Phi) is 4.28. The molecule has 26 heavy (non-hydrogen) atoms. The quantitative estimate of drug-likeness (QED) is 0.531. The Hall–Kier alpha value is -2.25. The molecule has 4 rings (SSSR count). The summed E-state index contributed by atoms with van der Waals surface area (Å²) in [7, 11) is 0. The fourth-order valence-corrected chi connectivity index (χ4v) is 3.40. The highest BCUT2D eigenvalue weighted by atomic mass is 35.5. The van der Waals surface area contributed by atoms with Crippen LogP contribution in [-0.4, -0.2) is 30.9 Å². The van der Waals surface area contributed by atoms with Gasteiger partial charge in [-0.15, -0.1) is 0 Å². The van der Waals surface area contributed by atoms with E-state index in [1.165, 1.54) is 0 Å². The summed E-state index contributed by atoms with van der Waals surface area (Å²) in [5, 5.41) is 16.8. The first-order valence-corrected chi connectivity index (χ1v) is 9.28. The van der Waals surface area contributed by atoms with E-state index in [0.717, 1.165) is 46.7 Å². The van der Waals surface area contributed by atoms with Crippen LogP contribution in [-0.2, 0) is 0 Å². The Balaban J connectivity index is 1.75. The highest BCUT2D eigenvalue weighted by molar-refractivity contribution is 7.71. The molecular formula is C18H19ClN6S. The molecule has 1 N–H and O–H groups in total. The zero-order valence-electron chi connectivity index (χ0n) is 14.8. The minimum Gasteiger partial charge on any atom is -0.250 e. The standard InChI is InChI=1S/C18H19ClN6S/c1-10-4-5-11(2)15(8-10)24-16(19)14(12(3)23-24)9-20-25-17(13-6-7-13)21-22-18(25)26/h4-5,8-9,13H,6-7H2,1-3H3,(H,22,26)/b20-9+. The number of nitrogens with one attached hydrogen (secondary N) is 1. The van der Waals surface area contributed by atoms with E-state index in [4.69, 9.17) is 23.8 Å². The summed E-state index contributed by atoms with van der Waals surface area (Å²) in [5.74, 6) is 1.32. The molecule has 0 radical (unpaired) electrons. The van der Waals surface area contributed by atoms with Gasteiger partial charge in [-0.1, -0.05) is 23.7 Å². The molecule has 2 heterocycles. The average molecular weight is 387 g/mol. The Morgan fingerprint density at radius 3 is 2.81 bits per heavy atom. The topological polar surface area (TPSA) is 63.8 Å². The molecular weight excluding hydrogens is 368 g/mol. The molecule has 1 aromatic carbocycles. The van der Waals surface area contributed by atoms with Crippen LogP contribution in [0.3, 0.4) is 0 Å². The molecule has 0 atom stereocenters. The smallest absolute Gasteiger partial charge is 0.216 e. The molecule has 0 spiro atoms. The first kappa shape index (κ1) is 17.2. The highest BCUT2D eigenvalue weighted by Crippen LogP contribution is 2.38. The number of rotatable bonds is 4. The van der Waals surface area contributed by atoms with Crippen molar-refractivity contribution in [3.8, 4) is 5.69 Å². The van der Waals surface area contributed by atoms with Crippen LogP contribution in [0.1, 0.15) is 47.0 Å². The molecule has 0 bridgehead atoms. The van der Waals surface area contributed by atoms with Crippen LogP contribution in [0.2, 0.25) is 5.15 Å². The Morgan fingerprint density at radius 2 is 2.08 bits per heavy atom. The minimum atomic E-state index is 0.439. The summed E-state index contributed by atoms with van der Waals surface area (Å²) in [6.45, 7) is 6.02. The zero-order chi connectivity index (χ0) is 18.4. The van der Waals surface area contributed by atoms with E-state index in [0.29, 0.717) is 15.8 Å². The van der Waals surface area contributed by atoms with Crippen molar-refractivity contribution in [2.24, 2.45) is 5.10 Å². The number of aryl methyl sites for hydroxylation is 3. The summed E-state index contributed by atoms with van der Waals surface area (Å²) in [4.78, 5) is 0. The van der Waals surface area contributed by atoms with Gasteiger partial charge in [0.15, 0.2) is 5.82 Å². The van der Waals surface area contributed by atoms with E-state index in [1.54, 1.807) is 15.6 Å². The summed E-state index contributed by atoms with van der Waals surface area (Å²) < 4.78 is 3.92. The van der Waals surface area contributed by atoms with E-state index in [9.17, 15) is 0 Å². The van der Waals surface area contributed by atoms with Gasteiger partial charge in [0.25, 0.3) is 0 Å². The van der Waals surface area contributed by atoms with Gasteiger partial charge in [-0.3, -0.25) is 5.10 Å². The van der Waals surface area contributed by atoms with Crippen LogP contribution in [0.5, 0.6) is 0 Å². The van der Waals surface area contributed by atoms with Crippen LogP contribution >= 0.6 is 23.8 Å². The lowest BCUT2D eigenvalue weighted by Gasteiger charge is -2.08. The maximum Gasteiger partial charge on any atom is 0.216 e. The molecule has 0 amide bonds. The first-order valence-electron chi connectivity index (χ1n) is 8.50. The maximum absolute atomic E-state index is 6.63. The van der Waals surface area contributed by atoms with E-state index in [1.807, 2.05) is 13.8 Å². The van der Waals surface area contributed by atoms with Gasteiger partial charge in [-0.05, 0) is 63.0 Å². The zero-order valence-corrected chi connectivity index (χ0v) is 16.4. The van der Waals surface area contributed by atoms with Crippen molar-refractivity contribution in [2.45, 2.75) is 39.5 Å². The number of benzene rings is 1. The van der Waals surface area contributed by atoms with E-state index >= 15 is 0 Å². The first-order chi connectivity index (χ1) is 12.5. The molecule has 8 heteroatoms. The lowest BCUT2D eigenvalue weighted by atomic mass is 10.1. The highest BCUT2D eigenvalue weighted by Gasteiger charge is 2.29. The molecule has 0 aliphatic heterocycles. The lowest BCUT2D eigenvalue weighted by molar-refractivity contribution is 0.772. The van der Waals surface area contributed by atoms with Crippen molar-refractivity contribution in [2.75, 3.05) is 0 Å². The number of aromatic amines is 1. The molecule has 3 aromatic rings. The van der Waals surface area contributed by atoms with Crippen LogP contribution in [0.25, 0.3) is 5.69 Å². The van der Waals surface area contributed by atoms with Gasteiger partial charge in [0.2, 0.25) is 4.77 Å². The van der Waals surface area contributed by atoms with Gasteiger partial charge in [-0.2, -0.15) is 20.0 Å². The molecule has 0 unspecified atom stereocenters. The van der Waals surface area contributed by atoms with E-state index < -0.39 is 0 Å². The van der Waals surface area contributed by atoms with Crippen molar-refractivity contribution in [1.29, 1.82) is 0 Å². The van der Waals surface area contributed by atoms with Crippen molar-refractivity contribution >= 4 is 30.0 Å². The second kappa shape index (κ2) is 6.48. The molecule has 1 aliphatic carbocycles. The fraction of sp³-hybridized carbons (Fsp3) is 0.333. The molecule has 0 saturated heterocycles. The number of halogens is 1. The third-order valence-electron chi connectivity index (χ3n) is 4.56. The van der Waals surface area contributed by atoms with E-state index in [2.05, 4.69) is 45.5 Å². The Bertz CT molecular complexity index is 1070. The Morgan fingerprint density at radius 1 is 1.31 bits per heavy atom. The largest absolute Gasteiger partial charge is 0.250 e. The second-order valence-electron chi connectivity index (χ2n) is 6.71. The number of hydrogen-bond donors (Lipinski definition) is 1. The molecule has 1 aliphatic rings. The number of aromatic nitrogens is 5. The van der Waals surface area contributed by atoms with Crippen LogP contribution in [0.15, 0.2) is 23.3 Å². The molecule has 2 aromatic heterocycles. The molecule has 1 fully saturated rings. The lowest BCUT2D eigenvalue weighted by Crippen LogP contribution is -2.00. The van der Waals surface area contributed by atoms with Crippen LogP contribution in [0, 0.1) is 25.5 Å². The third kappa shape index (κ3) is 3.01. The van der Waals surface area contributed by atoms with E-state index in [-0.39, 0.29) is 0 Å². The number of nitrogens with zero attached hydrogens (tertiary/aromatic N) is 5. The SMILES string of the molecule is Cc1ccc(C)c(-n2nc(C)c(/C=N/n3c(C4CC4)n[nH]c3=S)c2Cl)c1. The number of hydrogen-bond acceptors (Lipinski definition) is 4. The predicted molar refractivity (Wildman–Crippen MR) is 105 cm³/mol. The monoisotopic (exact) mass is 386 g/mol. The molecule has 6 nitrogen and oxygen atoms in total. The minimum absolute atomic E-state index is 0.439.